The van der Waals surface area contributed by atoms with Crippen molar-refractivity contribution in [2.45, 2.75) is 19.4 Å². The molecule has 0 aliphatic rings. The minimum absolute atomic E-state index is 0.325. The SMILES string of the molecule is CCC(NN)c1ccsc1. The molecule has 2 nitrogen and oxygen atoms in total. The Hall–Kier alpha value is -0.380. The number of thiophene rings is 1. The molecule has 0 spiro atoms. The summed E-state index contributed by atoms with van der Waals surface area (Å²) < 4.78 is 0. The van der Waals surface area contributed by atoms with Gasteiger partial charge in [-0.2, -0.15) is 11.3 Å². The molecule has 3 N–H and O–H groups in total. The highest BCUT2D eigenvalue weighted by atomic mass is 32.1. The molecule has 3 heteroatoms. The number of hydrazine groups is 1. The number of rotatable bonds is 3. The maximum absolute atomic E-state index is 5.33. The zero-order valence-corrected chi connectivity index (χ0v) is 6.82. The fraction of sp³-hybridized carbons (Fsp3) is 0.429. The molecule has 1 aromatic heterocycles. The van der Waals surface area contributed by atoms with E-state index in [9.17, 15) is 0 Å². The minimum Gasteiger partial charge on any atom is -0.271 e. The van der Waals surface area contributed by atoms with Crippen molar-refractivity contribution in [1.29, 1.82) is 0 Å². The van der Waals surface area contributed by atoms with Gasteiger partial charge in [0.25, 0.3) is 0 Å². The molecule has 1 rings (SSSR count). The summed E-state index contributed by atoms with van der Waals surface area (Å²) in [6.07, 6.45) is 1.03. The first-order valence-electron chi connectivity index (χ1n) is 3.36. The summed E-state index contributed by atoms with van der Waals surface area (Å²) in [5.74, 6) is 5.33. The van der Waals surface area contributed by atoms with Crippen molar-refractivity contribution in [1.82, 2.24) is 5.43 Å². The van der Waals surface area contributed by atoms with Crippen LogP contribution in [0.2, 0.25) is 0 Å². The molecule has 0 saturated heterocycles. The molecule has 0 radical (unpaired) electrons. The smallest absolute Gasteiger partial charge is 0.0465 e. The third-order valence-corrected chi connectivity index (χ3v) is 2.26. The van der Waals surface area contributed by atoms with E-state index in [1.54, 1.807) is 11.3 Å². The lowest BCUT2D eigenvalue weighted by Gasteiger charge is -2.10. The minimum atomic E-state index is 0.325. The second-order valence-electron chi connectivity index (χ2n) is 2.18. The van der Waals surface area contributed by atoms with Gasteiger partial charge in [0.15, 0.2) is 0 Å². The van der Waals surface area contributed by atoms with E-state index in [2.05, 4.69) is 29.2 Å². The van der Waals surface area contributed by atoms with Crippen LogP contribution in [-0.4, -0.2) is 0 Å². The summed E-state index contributed by atoms with van der Waals surface area (Å²) in [6, 6.07) is 2.42. The van der Waals surface area contributed by atoms with Crippen molar-refractivity contribution < 1.29 is 0 Å². The van der Waals surface area contributed by atoms with Gasteiger partial charge in [-0.15, -0.1) is 0 Å². The van der Waals surface area contributed by atoms with E-state index >= 15 is 0 Å². The first kappa shape index (κ1) is 7.72. The van der Waals surface area contributed by atoms with Crippen molar-refractivity contribution in [3.63, 3.8) is 0 Å². The van der Waals surface area contributed by atoms with Crippen LogP contribution in [0.15, 0.2) is 16.8 Å². The first-order valence-corrected chi connectivity index (χ1v) is 4.31. The van der Waals surface area contributed by atoms with Gasteiger partial charge in [0.2, 0.25) is 0 Å². The molecule has 0 fully saturated rings. The molecule has 10 heavy (non-hydrogen) atoms. The van der Waals surface area contributed by atoms with Gasteiger partial charge in [0, 0.05) is 6.04 Å². The summed E-state index contributed by atoms with van der Waals surface area (Å²) in [4.78, 5) is 0. The molecule has 1 unspecified atom stereocenters. The predicted octanol–water partition coefficient (Wildman–Crippen LogP) is 1.66. The van der Waals surface area contributed by atoms with Gasteiger partial charge in [-0.25, -0.2) is 0 Å². The summed E-state index contributed by atoms with van der Waals surface area (Å²) in [6.45, 7) is 2.11. The van der Waals surface area contributed by atoms with Crippen LogP contribution in [0, 0.1) is 0 Å². The highest BCUT2D eigenvalue weighted by Crippen LogP contribution is 2.17. The molecule has 0 aromatic carbocycles. The Kier molecular flexibility index (Phi) is 2.86. The van der Waals surface area contributed by atoms with Gasteiger partial charge >= 0.3 is 0 Å². The fourth-order valence-corrected chi connectivity index (χ4v) is 1.64. The lowest BCUT2D eigenvalue weighted by atomic mass is 10.1. The Balaban J connectivity index is 2.64. The second-order valence-corrected chi connectivity index (χ2v) is 2.96. The largest absolute Gasteiger partial charge is 0.271 e. The van der Waals surface area contributed by atoms with E-state index < -0.39 is 0 Å². The van der Waals surface area contributed by atoms with Crippen LogP contribution in [0.3, 0.4) is 0 Å². The van der Waals surface area contributed by atoms with Crippen molar-refractivity contribution in [3.8, 4) is 0 Å². The lowest BCUT2D eigenvalue weighted by molar-refractivity contribution is 0.540. The Labute approximate surface area is 65.0 Å². The molecule has 56 valence electrons. The molecule has 0 bridgehead atoms. The molecule has 1 atom stereocenters. The zero-order chi connectivity index (χ0) is 7.40. The Morgan fingerprint density at radius 1 is 1.80 bits per heavy atom. The first-order chi connectivity index (χ1) is 4.88. The summed E-state index contributed by atoms with van der Waals surface area (Å²) in [5, 5.41) is 4.18. The van der Waals surface area contributed by atoms with Gasteiger partial charge in [-0.1, -0.05) is 6.92 Å². The molecular formula is C7H12N2S. The maximum atomic E-state index is 5.33. The Morgan fingerprint density at radius 2 is 2.60 bits per heavy atom. The number of nitrogens with one attached hydrogen (secondary N) is 1. The van der Waals surface area contributed by atoms with Gasteiger partial charge in [0.05, 0.1) is 0 Å². The normalized spacial score (nSPS) is 13.4. The Morgan fingerprint density at radius 3 is 3.00 bits per heavy atom. The van der Waals surface area contributed by atoms with E-state index in [0.29, 0.717) is 6.04 Å². The third kappa shape index (κ3) is 1.56. The van der Waals surface area contributed by atoms with Gasteiger partial charge in [0.1, 0.15) is 0 Å². The van der Waals surface area contributed by atoms with Crippen LogP contribution in [0.25, 0.3) is 0 Å². The molecular weight excluding hydrogens is 144 g/mol. The summed E-state index contributed by atoms with van der Waals surface area (Å²) in [7, 11) is 0. The molecule has 0 aliphatic heterocycles. The highest BCUT2D eigenvalue weighted by molar-refractivity contribution is 7.07. The van der Waals surface area contributed by atoms with Crippen LogP contribution in [-0.2, 0) is 0 Å². The molecule has 0 aliphatic carbocycles. The molecule has 0 saturated carbocycles. The monoisotopic (exact) mass is 156 g/mol. The maximum Gasteiger partial charge on any atom is 0.0465 e. The van der Waals surface area contributed by atoms with Crippen molar-refractivity contribution >= 4 is 11.3 Å². The Bertz CT molecular complexity index is 168. The van der Waals surface area contributed by atoms with Crippen molar-refractivity contribution in [3.05, 3.63) is 22.4 Å². The number of hydrogen-bond donors (Lipinski definition) is 2. The van der Waals surface area contributed by atoms with E-state index in [-0.39, 0.29) is 0 Å². The van der Waals surface area contributed by atoms with E-state index in [4.69, 9.17) is 5.84 Å². The van der Waals surface area contributed by atoms with Crippen molar-refractivity contribution in [2.24, 2.45) is 5.84 Å². The summed E-state index contributed by atoms with van der Waals surface area (Å²) >= 11 is 1.70. The van der Waals surface area contributed by atoms with Crippen LogP contribution in [0.4, 0.5) is 0 Å². The fourth-order valence-electron chi connectivity index (χ4n) is 0.923. The zero-order valence-electron chi connectivity index (χ0n) is 6.00. The van der Waals surface area contributed by atoms with E-state index in [0.717, 1.165) is 6.42 Å². The predicted molar refractivity (Wildman–Crippen MR) is 44.7 cm³/mol. The molecule has 0 amide bonds. The number of hydrogen-bond acceptors (Lipinski definition) is 3. The van der Waals surface area contributed by atoms with Gasteiger partial charge < -0.3 is 0 Å². The van der Waals surface area contributed by atoms with E-state index in [1.807, 2.05) is 0 Å². The van der Waals surface area contributed by atoms with Crippen LogP contribution < -0.4 is 11.3 Å². The average Bonchev–Trinajstić information content (AvgIpc) is 2.43. The van der Waals surface area contributed by atoms with Crippen molar-refractivity contribution in [2.75, 3.05) is 0 Å². The van der Waals surface area contributed by atoms with Crippen LogP contribution >= 0.6 is 11.3 Å². The average molecular weight is 156 g/mol. The van der Waals surface area contributed by atoms with E-state index in [1.165, 1.54) is 5.56 Å². The number of nitrogens with two attached hydrogens (primary N) is 1. The standard InChI is InChI=1S/C7H12N2S/c1-2-7(9-8)6-3-4-10-5-6/h3-5,7,9H,2,8H2,1H3. The van der Waals surface area contributed by atoms with Crippen LogP contribution in [0.1, 0.15) is 24.9 Å². The topological polar surface area (TPSA) is 38.0 Å². The van der Waals surface area contributed by atoms with Gasteiger partial charge in [-0.05, 0) is 28.8 Å². The quantitative estimate of drug-likeness (QED) is 0.516. The second kappa shape index (κ2) is 3.71. The third-order valence-electron chi connectivity index (χ3n) is 1.55. The lowest BCUT2D eigenvalue weighted by Crippen LogP contribution is -2.26. The molecule has 1 aromatic rings. The van der Waals surface area contributed by atoms with Gasteiger partial charge in [-0.3, -0.25) is 11.3 Å². The summed E-state index contributed by atoms with van der Waals surface area (Å²) in [5.41, 5.74) is 4.05. The molecule has 1 heterocycles. The van der Waals surface area contributed by atoms with Crippen LogP contribution in [0.5, 0.6) is 0 Å². The highest BCUT2D eigenvalue weighted by Gasteiger charge is 2.05.